The molecule has 0 rings (SSSR count). The van der Waals surface area contributed by atoms with Crippen LogP contribution in [-0.4, -0.2) is 31.3 Å². The Morgan fingerprint density at radius 3 is 1.69 bits per heavy atom. The molecule has 150 valence electrons. The van der Waals surface area contributed by atoms with Crippen LogP contribution in [0.2, 0.25) is 0 Å². The summed E-state index contributed by atoms with van der Waals surface area (Å²) in [5, 5.41) is -0.599. The standard InChI is InChI=1S/C19H38O5S.Na/c1-3-4-5-6-9-12-15-18(25(21,22)23)16-13-10-7-8-11-14-17-19(20)24-2;/h18H,3-17H2,1-2H3,(H,21,22,23);/q;+1. The quantitative estimate of drug-likeness (QED) is 0.175. The number of hydrogen-bond donors (Lipinski definition) is 1. The van der Waals surface area contributed by atoms with Gasteiger partial charge in [0.05, 0.1) is 12.4 Å². The molecule has 1 unspecified atom stereocenters. The number of methoxy groups -OCH3 is 1. The van der Waals surface area contributed by atoms with Gasteiger partial charge in [-0.25, -0.2) is 0 Å². The fourth-order valence-corrected chi connectivity index (χ4v) is 3.97. The SMILES string of the molecule is CCCCCCCCC(CCCCCCCCC(=O)OC)S(=O)(=O)O.[Na+]. The van der Waals surface area contributed by atoms with Crippen molar-refractivity contribution in [2.24, 2.45) is 0 Å². The zero-order chi connectivity index (χ0) is 19.0. The molecule has 0 aliphatic carbocycles. The van der Waals surface area contributed by atoms with E-state index < -0.39 is 15.4 Å². The zero-order valence-electron chi connectivity index (χ0n) is 17.2. The number of unbranched alkanes of at least 4 members (excludes halogenated alkanes) is 10. The molecule has 0 aromatic heterocycles. The van der Waals surface area contributed by atoms with E-state index in [1.807, 2.05) is 0 Å². The van der Waals surface area contributed by atoms with Crippen molar-refractivity contribution in [3.05, 3.63) is 0 Å². The molecule has 0 amide bonds. The summed E-state index contributed by atoms with van der Waals surface area (Å²) in [6, 6.07) is 0. The smallest absolute Gasteiger partial charge is 0.469 e. The van der Waals surface area contributed by atoms with Crippen molar-refractivity contribution in [1.82, 2.24) is 0 Å². The van der Waals surface area contributed by atoms with Crippen molar-refractivity contribution in [3.8, 4) is 0 Å². The van der Waals surface area contributed by atoms with Crippen LogP contribution in [0.25, 0.3) is 0 Å². The number of ether oxygens (including phenoxy) is 1. The normalized spacial score (nSPS) is 12.4. The summed E-state index contributed by atoms with van der Waals surface area (Å²) in [6.45, 7) is 2.17. The van der Waals surface area contributed by atoms with E-state index in [-0.39, 0.29) is 35.5 Å². The van der Waals surface area contributed by atoms with Gasteiger partial charge in [-0.1, -0.05) is 77.6 Å². The van der Waals surface area contributed by atoms with Crippen molar-refractivity contribution in [2.75, 3.05) is 7.11 Å². The molecule has 26 heavy (non-hydrogen) atoms. The molecule has 7 heteroatoms. The minimum atomic E-state index is -3.93. The van der Waals surface area contributed by atoms with Crippen molar-refractivity contribution in [2.45, 2.75) is 108 Å². The summed E-state index contributed by atoms with van der Waals surface area (Å²) >= 11 is 0. The van der Waals surface area contributed by atoms with Crippen molar-refractivity contribution < 1.29 is 52.1 Å². The Morgan fingerprint density at radius 1 is 0.846 bits per heavy atom. The Kier molecular flexibility index (Phi) is 20.6. The van der Waals surface area contributed by atoms with Gasteiger partial charge in [0, 0.05) is 6.42 Å². The van der Waals surface area contributed by atoms with Gasteiger partial charge >= 0.3 is 35.5 Å². The molecule has 1 N–H and O–H groups in total. The molecule has 0 radical (unpaired) electrons. The van der Waals surface area contributed by atoms with Crippen LogP contribution in [0, 0.1) is 0 Å². The van der Waals surface area contributed by atoms with Gasteiger partial charge in [0.25, 0.3) is 10.1 Å². The van der Waals surface area contributed by atoms with Gasteiger partial charge in [0.1, 0.15) is 0 Å². The van der Waals surface area contributed by atoms with Gasteiger partial charge in [-0.2, -0.15) is 8.42 Å². The van der Waals surface area contributed by atoms with E-state index in [4.69, 9.17) is 0 Å². The van der Waals surface area contributed by atoms with Crippen LogP contribution >= 0.6 is 0 Å². The number of carbonyl (C=O) groups is 1. The molecular weight excluding hydrogens is 363 g/mol. The second-order valence-corrected chi connectivity index (χ2v) is 8.63. The fourth-order valence-electron chi connectivity index (χ4n) is 3.05. The zero-order valence-corrected chi connectivity index (χ0v) is 20.0. The molecule has 0 aliphatic heterocycles. The van der Waals surface area contributed by atoms with Crippen LogP contribution in [0.4, 0.5) is 0 Å². The number of rotatable bonds is 17. The third-order valence-electron chi connectivity index (χ3n) is 4.69. The first-order chi connectivity index (χ1) is 11.9. The van der Waals surface area contributed by atoms with Gasteiger partial charge in [-0.3, -0.25) is 9.35 Å². The second kappa shape index (κ2) is 18.7. The third-order valence-corrected chi connectivity index (χ3v) is 6.00. The molecule has 0 aromatic rings. The fraction of sp³-hybridized carbons (Fsp3) is 0.947. The molecule has 5 nitrogen and oxygen atoms in total. The van der Waals surface area contributed by atoms with E-state index in [1.54, 1.807) is 0 Å². The monoisotopic (exact) mass is 401 g/mol. The summed E-state index contributed by atoms with van der Waals surface area (Å²) in [5.41, 5.74) is 0. The van der Waals surface area contributed by atoms with Crippen LogP contribution in [0.15, 0.2) is 0 Å². The van der Waals surface area contributed by atoms with Crippen LogP contribution in [0.5, 0.6) is 0 Å². The minimum Gasteiger partial charge on any atom is -0.469 e. The maximum atomic E-state index is 11.5. The van der Waals surface area contributed by atoms with E-state index in [9.17, 15) is 17.8 Å². The molecule has 0 fully saturated rings. The maximum absolute atomic E-state index is 11.5. The van der Waals surface area contributed by atoms with Gasteiger partial charge in [-0.15, -0.1) is 0 Å². The number of esters is 1. The molecule has 0 aromatic carbocycles. The average Bonchev–Trinajstić information content (AvgIpc) is 2.56. The van der Waals surface area contributed by atoms with Crippen LogP contribution < -0.4 is 29.6 Å². The Morgan fingerprint density at radius 2 is 1.27 bits per heavy atom. The van der Waals surface area contributed by atoms with Crippen molar-refractivity contribution >= 4 is 16.1 Å². The number of carbonyl (C=O) groups excluding carboxylic acids is 1. The first-order valence-corrected chi connectivity index (χ1v) is 11.4. The van der Waals surface area contributed by atoms with E-state index in [0.717, 1.165) is 57.8 Å². The predicted molar refractivity (Wildman–Crippen MR) is 102 cm³/mol. The summed E-state index contributed by atoms with van der Waals surface area (Å²) in [4.78, 5) is 11.0. The van der Waals surface area contributed by atoms with E-state index >= 15 is 0 Å². The molecule has 0 heterocycles. The van der Waals surface area contributed by atoms with Gasteiger partial charge in [-0.05, 0) is 19.3 Å². The average molecular weight is 402 g/mol. The van der Waals surface area contributed by atoms with Crippen molar-refractivity contribution in [3.63, 3.8) is 0 Å². The molecule has 0 spiro atoms. The van der Waals surface area contributed by atoms with Crippen molar-refractivity contribution in [1.29, 1.82) is 0 Å². The molecule has 0 bridgehead atoms. The van der Waals surface area contributed by atoms with Crippen LogP contribution in [-0.2, 0) is 19.6 Å². The Labute approximate surface area is 183 Å². The summed E-state index contributed by atoms with van der Waals surface area (Å²) in [6.07, 6.45) is 14.1. The van der Waals surface area contributed by atoms with Crippen LogP contribution in [0.1, 0.15) is 103 Å². The third kappa shape index (κ3) is 17.8. The molecule has 0 aliphatic rings. The minimum absolute atomic E-state index is 0. The first kappa shape index (κ1) is 28.6. The maximum Gasteiger partial charge on any atom is 1.00 e. The van der Waals surface area contributed by atoms with E-state index in [0.29, 0.717) is 19.3 Å². The Hall–Kier alpha value is 0.380. The predicted octanol–water partition coefficient (Wildman–Crippen LogP) is 2.29. The largest absolute Gasteiger partial charge is 1.00 e. The topological polar surface area (TPSA) is 80.7 Å². The molecule has 0 saturated heterocycles. The van der Waals surface area contributed by atoms with Gasteiger partial charge < -0.3 is 4.74 Å². The van der Waals surface area contributed by atoms with Gasteiger partial charge in [0.2, 0.25) is 0 Å². The summed E-state index contributed by atoms with van der Waals surface area (Å²) < 4.78 is 37.0. The van der Waals surface area contributed by atoms with Gasteiger partial charge in [0.15, 0.2) is 0 Å². The molecule has 0 saturated carbocycles. The number of hydrogen-bond acceptors (Lipinski definition) is 4. The van der Waals surface area contributed by atoms with Crippen LogP contribution in [0.3, 0.4) is 0 Å². The Balaban J connectivity index is 0. The first-order valence-electron chi connectivity index (χ1n) is 9.95. The summed E-state index contributed by atoms with van der Waals surface area (Å²) in [5.74, 6) is -0.161. The molecule has 1 atom stereocenters. The van der Waals surface area contributed by atoms with E-state index in [1.165, 1.54) is 26.4 Å². The summed E-state index contributed by atoms with van der Waals surface area (Å²) in [7, 11) is -2.53. The van der Waals surface area contributed by atoms with E-state index in [2.05, 4.69) is 11.7 Å². The Bertz CT molecular complexity index is 426. The molecular formula is C19H38NaO5S+. The second-order valence-electron chi connectivity index (χ2n) is 6.93.